The van der Waals surface area contributed by atoms with Crippen molar-refractivity contribution in [3.63, 3.8) is 0 Å². The summed E-state index contributed by atoms with van der Waals surface area (Å²) in [7, 11) is 0. The normalized spacial score (nSPS) is 12.6. The molecule has 0 atom stereocenters. The Hall–Kier alpha value is -1.58. The highest BCUT2D eigenvalue weighted by molar-refractivity contribution is 5.65. The van der Waals surface area contributed by atoms with E-state index in [1.165, 1.54) is 0 Å². The van der Waals surface area contributed by atoms with Gasteiger partial charge in [0.05, 0.1) is 10.5 Å². The number of anilines is 1. The van der Waals surface area contributed by atoms with Crippen molar-refractivity contribution < 1.29 is 4.92 Å². The Kier molecular flexibility index (Phi) is 3.43. The molecule has 18 heavy (non-hydrogen) atoms. The van der Waals surface area contributed by atoms with Crippen LogP contribution in [0.4, 0.5) is 11.4 Å². The number of nitro groups is 1. The molecule has 0 heterocycles. The zero-order valence-electron chi connectivity index (χ0n) is 12.0. The Morgan fingerprint density at radius 3 is 1.89 bits per heavy atom. The molecule has 4 nitrogen and oxygen atoms in total. The summed E-state index contributed by atoms with van der Waals surface area (Å²) < 4.78 is 0. The van der Waals surface area contributed by atoms with Crippen LogP contribution in [0.5, 0.6) is 0 Å². The number of hydrogen-bond acceptors (Lipinski definition) is 3. The number of nitrogen functional groups attached to an aromatic ring is 1. The minimum atomic E-state index is -0.353. The van der Waals surface area contributed by atoms with Gasteiger partial charge in [0.2, 0.25) is 0 Å². The fraction of sp³-hybridized carbons (Fsp3) is 0.571. The molecule has 1 aromatic rings. The molecule has 0 radical (unpaired) electrons. The molecule has 0 saturated carbocycles. The second kappa shape index (κ2) is 4.26. The number of hydrogen-bond donors (Lipinski definition) is 1. The maximum Gasteiger partial charge on any atom is 0.278 e. The molecule has 4 heteroatoms. The maximum atomic E-state index is 11.4. The second-order valence-corrected chi connectivity index (χ2v) is 6.68. The summed E-state index contributed by atoms with van der Waals surface area (Å²) in [4.78, 5) is 11.1. The molecular weight excluding hydrogens is 228 g/mol. The Morgan fingerprint density at radius 1 is 1.06 bits per heavy atom. The molecule has 2 N–H and O–H groups in total. The fourth-order valence-corrected chi connectivity index (χ4v) is 2.19. The lowest BCUT2D eigenvalue weighted by molar-refractivity contribution is -0.387. The minimum absolute atomic E-state index is 0.162. The van der Waals surface area contributed by atoms with Gasteiger partial charge in [-0.25, -0.2) is 0 Å². The van der Waals surface area contributed by atoms with Crippen LogP contribution in [0.1, 0.15) is 52.7 Å². The topological polar surface area (TPSA) is 69.2 Å². The molecule has 0 spiro atoms. The van der Waals surface area contributed by atoms with E-state index >= 15 is 0 Å². The first-order chi connectivity index (χ1) is 7.96. The van der Waals surface area contributed by atoms with E-state index in [9.17, 15) is 10.1 Å². The van der Waals surface area contributed by atoms with Crippen molar-refractivity contribution >= 4 is 11.4 Å². The van der Waals surface area contributed by atoms with E-state index < -0.39 is 0 Å². The van der Waals surface area contributed by atoms with Gasteiger partial charge in [0, 0.05) is 11.3 Å². The summed E-state index contributed by atoms with van der Waals surface area (Å²) in [5, 5.41) is 11.4. The summed E-state index contributed by atoms with van der Waals surface area (Å²) >= 11 is 0. The Morgan fingerprint density at radius 2 is 1.56 bits per heavy atom. The third-order valence-corrected chi connectivity index (χ3v) is 2.95. The first-order valence-corrected chi connectivity index (χ1v) is 6.04. The highest BCUT2D eigenvalue weighted by Gasteiger charge is 2.34. The van der Waals surface area contributed by atoms with Crippen LogP contribution in [0.25, 0.3) is 0 Å². The molecule has 1 rings (SSSR count). The highest BCUT2D eigenvalue weighted by Crippen LogP contribution is 2.42. The molecule has 1 aromatic carbocycles. The van der Waals surface area contributed by atoms with Gasteiger partial charge in [-0.05, 0) is 23.0 Å². The number of nitrogens with two attached hydrogens (primary N) is 1. The predicted octanol–water partition coefficient (Wildman–Crippen LogP) is 3.77. The van der Waals surface area contributed by atoms with E-state index in [0.717, 1.165) is 5.56 Å². The summed E-state index contributed by atoms with van der Waals surface area (Å²) in [5.41, 5.74) is 7.32. The molecule has 0 aromatic heterocycles. The van der Waals surface area contributed by atoms with Crippen molar-refractivity contribution in [2.24, 2.45) is 0 Å². The van der Waals surface area contributed by atoms with E-state index in [2.05, 4.69) is 0 Å². The summed E-state index contributed by atoms with van der Waals surface area (Å²) in [6.45, 7) is 11.7. The SMILES string of the molecule is CC(C)(C)c1ccc(N)c(C(C)(C)C)c1[N+](=O)[O-]. The standard InChI is InChI=1S/C14H22N2O2/c1-13(2,3)9-7-8-10(15)11(14(4,5)6)12(9)16(17)18/h7-8H,15H2,1-6H3. The number of nitro benzene ring substituents is 1. The molecule has 100 valence electrons. The summed E-state index contributed by atoms with van der Waals surface area (Å²) in [6.07, 6.45) is 0. The highest BCUT2D eigenvalue weighted by atomic mass is 16.6. The van der Waals surface area contributed by atoms with E-state index in [1.807, 2.05) is 41.5 Å². The third-order valence-electron chi connectivity index (χ3n) is 2.95. The van der Waals surface area contributed by atoms with Gasteiger partial charge in [-0.3, -0.25) is 10.1 Å². The van der Waals surface area contributed by atoms with Crippen molar-refractivity contribution in [3.8, 4) is 0 Å². The van der Waals surface area contributed by atoms with Gasteiger partial charge in [-0.1, -0.05) is 41.5 Å². The average Bonchev–Trinajstić information content (AvgIpc) is 2.12. The Labute approximate surface area is 108 Å². The first kappa shape index (κ1) is 14.5. The van der Waals surface area contributed by atoms with E-state index in [0.29, 0.717) is 11.3 Å². The Balaban J connectivity index is 3.76. The monoisotopic (exact) mass is 250 g/mol. The molecule has 0 amide bonds. The van der Waals surface area contributed by atoms with Crippen LogP contribution in [-0.4, -0.2) is 4.92 Å². The zero-order valence-corrected chi connectivity index (χ0v) is 12.0. The van der Waals surface area contributed by atoms with Gasteiger partial charge in [-0.15, -0.1) is 0 Å². The van der Waals surface area contributed by atoms with Gasteiger partial charge in [0.25, 0.3) is 5.69 Å². The van der Waals surface area contributed by atoms with Crippen LogP contribution in [0.15, 0.2) is 12.1 Å². The molecule has 0 aliphatic rings. The molecule has 0 fully saturated rings. The lowest BCUT2D eigenvalue weighted by Crippen LogP contribution is -2.21. The quantitative estimate of drug-likeness (QED) is 0.468. The van der Waals surface area contributed by atoms with Gasteiger partial charge in [0.1, 0.15) is 0 Å². The molecule has 0 aliphatic heterocycles. The lowest BCUT2D eigenvalue weighted by atomic mass is 9.78. The fourth-order valence-electron chi connectivity index (χ4n) is 2.19. The largest absolute Gasteiger partial charge is 0.398 e. The van der Waals surface area contributed by atoms with Gasteiger partial charge >= 0.3 is 0 Å². The first-order valence-electron chi connectivity index (χ1n) is 6.04. The van der Waals surface area contributed by atoms with E-state index in [1.54, 1.807) is 12.1 Å². The smallest absolute Gasteiger partial charge is 0.278 e. The number of benzene rings is 1. The van der Waals surface area contributed by atoms with Crippen molar-refractivity contribution in [2.75, 3.05) is 5.73 Å². The van der Waals surface area contributed by atoms with Crippen LogP contribution >= 0.6 is 0 Å². The van der Waals surface area contributed by atoms with Gasteiger partial charge in [0.15, 0.2) is 0 Å². The molecule has 0 bridgehead atoms. The van der Waals surface area contributed by atoms with Gasteiger partial charge < -0.3 is 5.73 Å². The molecular formula is C14H22N2O2. The Bertz CT molecular complexity index is 480. The predicted molar refractivity (Wildman–Crippen MR) is 74.9 cm³/mol. The van der Waals surface area contributed by atoms with E-state index in [-0.39, 0.29) is 21.4 Å². The zero-order chi connectivity index (χ0) is 14.3. The van der Waals surface area contributed by atoms with Crippen molar-refractivity contribution in [1.29, 1.82) is 0 Å². The van der Waals surface area contributed by atoms with Gasteiger partial charge in [-0.2, -0.15) is 0 Å². The minimum Gasteiger partial charge on any atom is -0.398 e. The maximum absolute atomic E-state index is 11.4. The third kappa shape index (κ3) is 2.63. The molecule has 0 unspecified atom stereocenters. The summed E-state index contributed by atoms with van der Waals surface area (Å²) in [6, 6.07) is 3.54. The van der Waals surface area contributed by atoms with Crippen LogP contribution in [0.2, 0.25) is 0 Å². The average molecular weight is 250 g/mol. The lowest BCUT2D eigenvalue weighted by Gasteiger charge is -2.26. The number of rotatable bonds is 1. The molecule has 0 saturated heterocycles. The van der Waals surface area contributed by atoms with Crippen LogP contribution in [0.3, 0.4) is 0 Å². The second-order valence-electron chi connectivity index (χ2n) is 6.68. The summed E-state index contributed by atoms with van der Waals surface area (Å²) in [5.74, 6) is 0. The van der Waals surface area contributed by atoms with Crippen molar-refractivity contribution in [1.82, 2.24) is 0 Å². The van der Waals surface area contributed by atoms with Crippen LogP contribution in [0, 0.1) is 10.1 Å². The van der Waals surface area contributed by atoms with Crippen LogP contribution in [-0.2, 0) is 10.8 Å². The van der Waals surface area contributed by atoms with Crippen molar-refractivity contribution in [3.05, 3.63) is 33.4 Å². The van der Waals surface area contributed by atoms with Crippen molar-refractivity contribution in [2.45, 2.75) is 52.4 Å². The number of nitrogens with zero attached hydrogens (tertiary/aromatic N) is 1. The van der Waals surface area contributed by atoms with Crippen LogP contribution < -0.4 is 5.73 Å². The molecule has 0 aliphatic carbocycles. The van der Waals surface area contributed by atoms with E-state index in [4.69, 9.17) is 5.73 Å².